The summed E-state index contributed by atoms with van der Waals surface area (Å²) in [5, 5.41) is 9.07. The highest BCUT2D eigenvalue weighted by molar-refractivity contribution is 6.30. The quantitative estimate of drug-likeness (QED) is 0.893. The van der Waals surface area contributed by atoms with Gasteiger partial charge in [-0.05, 0) is 25.1 Å². The van der Waals surface area contributed by atoms with Crippen LogP contribution in [0.15, 0.2) is 18.2 Å². The Labute approximate surface area is 95.6 Å². The van der Waals surface area contributed by atoms with Gasteiger partial charge >= 0.3 is 12.6 Å². The van der Waals surface area contributed by atoms with Gasteiger partial charge in [-0.1, -0.05) is 11.6 Å². The second-order valence-electron chi connectivity index (χ2n) is 3.12. The van der Waals surface area contributed by atoms with Crippen LogP contribution in [0.3, 0.4) is 0 Å². The Morgan fingerprint density at radius 2 is 2.12 bits per heavy atom. The van der Waals surface area contributed by atoms with Crippen molar-refractivity contribution in [2.45, 2.75) is 19.5 Å². The Balaban J connectivity index is 3.12. The summed E-state index contributed by atoms with van der Waals surface area (Å²) in [6.45, 7) is -1.63. The van der Waals surface area contributed by atoms with Crippen molar-refractivity contribution in [2.24, 2.45) is 0 Å². The molecule has 0 heterocycles. The number of aliphatic carboxylic acids is 1. The third-order valence-electron chi connectivity index (χ3n) is 2.02. The van der Waals surface area contributed by atoms with E-state index in [0.29, 0.717) is 0 Å². The second-order valence-corrected chi connectivity index (χ2v) is 3.56. The SMILES string of the molecule is CC(C(=O)O)c1cc(Cl)ccc1OC(F)F. The van der Waals surface area contributed by atoms with Crippen LogP contribution in [0.4, 0.5) is 8.78 Å². The van der Waals surface area contributed by atoms with E-state index in [-0.39, 0.29) is 16.3 Å². The van der Waals surface area contributed by atoms with Crippen molar-refractivity contribution in [1.29, 1.82) is 0 Å². The number of ether oxygens (including phenoxy) is 1. The maximum atomic E-state index is 12.1. The molecule has 88 valence electrons. The van der Waals surface area contributed by atoms with E-state index in [1.807, 2.05) is 0 Å². The lowest BCUT2D eigenvalue weighted by Gasteiger charge is -2.13. The molecule has 0 aromatic heterocycles. The van der Waals surface area contributed by atoms with Crippen LogP contribution in [0.25, 0.3) is 0 Å². The van der Waals surface area contributed by atoms with E-state index in [0.717, 1.165) is 0 Å². The number of alkyl halides is 2. The second kappa shape index (κ2) is 5.12. The van der Waals surface area contributed by atoms with Crippen LogP contribution in [0.5, 0.6) is 5.75 Å². The van der Waals surface area contributed by atoms with Crippen molar-refractivity contribution in [3.8, 4) is 5.75 Å². The zero-order valence-electron chi connectivity index (χ0n) is 8.28. The summed E-state index contributed by atoms with van der Waals surface area (Å²) in [4.78, 5) is 10.8. The largest absolute Gasteiger partial charge is 0.481 e. The summed E-state index contributed by atoms with van der Waals surface area (Å²) < 4.78 is 28.3. The van der Waals surface area contributed by atoms with Crippen molar-refractivity contribution in [3.05, 3.63) is 28.8 Å². The first-order valence-corrected chi connectivity index (χ1v) is 4.76. The van der Waals surface area contributed by atoms with Gasteiger partial charge in [-0.25, -0.2) is 0 Å². The molecule has 0 bridgehead atoms. The Morgan fingerprint density at radius 3 is 2.62 bits per heavy atom. The molecule has 1 aromatic rings. The number of benzene rings is 1. The molecule has 0 aliphatic rings. The first-order chi connectivity index (χ1) is 7.41. The summed E-state index contributed by atoms with van der Waals surface area (Å²) >= 11 is 5.67. The smallest absolute Gasteiger partial charge is 0.387 e. The Morgan fingerprint density at radius 1 is 1.50 bits per heavy atom. The summed E-state index contributed by atoms with van der Waals surface area (Å²) in [7, 11) is 0. The van der Waals surface area contributed by atoms with E-state index < -0.39 is 18.5 Å². The van der Waals surface area contributed by atoms with Crippen LogP contribution in [0.1, 0.15) is 18.4 Å². The molecule has 1 N–H and O–H groups in total. The average Bonchev–Trinajstić information content (AvgIpc) is 2.18. The summed E-state index contributed by atoms with van der Waals surface area (Å²) in [5.74, 6) is -2.27. The lowest BCUT2D eigenvalue weighted by molar-refractivity contribution is -0.138. The van der Waals surface area contributed by atoms with Crippen molar-refractivity contribution in [1.82, 2.24) is 0 Å². The van der Waals surface area contributed by atoms with E-state index in [4.69, 9.17) is 16.7 Å². The van der Waals surface area contributed by atoms with Gasteiger partial charge in [0.05, 0.1) is 5.92 Å². The average molecular weight is 251 g/mol. The molecule has 1 aromatic carbocycles. The Bertz CT molecular complexity index is 396. The molecular weight excluding hydrogens is 242 g/mol. The van der Waals surface area contributed by atoms with Crippen molar-refractivity contribution in [3.63, 3.8) is 0 Å². The van der Waals surface area contributed by atoms with Gasteiger partial charge in [0.25, 0.3) is 0 Å². The molecule has 0 spiro atoms. The molecular formula is C10H9ClF2O3. The standard InChI is InChI=1S/C10H9ClF2O3/c1-5(9(14)15)7-4-6(11)2-3-8(7)16-10(12)13/h2-5,10H,1H3,(H,14,15). The first-order valence-electron chi connectivity index (χ1n) is 4.39. The molecule has 3 nitrogen and oxygen atoms in total. The summed E-state index contributed by atoms with van der Waals surface area (Å²) in [6.07, 6.45) is 0. The summed E-state index contributed by atoms with van der Waals surface area (Å²) in [5.41, 5.74) is 0.125. The van der Waals surface area contributed by atoms with Gasteiger partial charge in [0.1, 0.15) is 5.75 Å². The number of hydrogen-bond donors (Lipinski definition) is 1. The number of rotatable bonds is 4. The van der Waals surface area contributed by atoms with Crippen LogP contribution >= 0.6 is 11.6 Å². The fourth-order valence-corrected chi connectivity index (χ4v) is 1.37. The minimum Gasteiger partial charge on any atom is -0.481 e. The van der Waals surface area contributed by atoms with Gasteiger partial charge < -0.3 is 9.84 Å². The van der Waals surface area contributed by atoms with E-state index in [1.165, 1.54) is 25.1 Å². The molecule has 6 heteroatoms. The topological polar surface area (TPSA) is 46.5 Å². The molecule has 0 amide bonds. The van der Waals surface area contributed by atoms with Gasteiger partial charge in [-0.3, -0.25) is 4.79 Å². The zero-order valence-corrected chi connectivity index (χ0v) is 9.04. The van der Waals surface area contributed by atoms with Crippen LogP contribution in [0.2, 0.25) is 5.02 Å². The molecule has 0 saturated carbocycles. The molecule has 16 heavy (non-hydrogen) atoms. The van der Waals surface area contributed by atoms with Crippen LogP contribution in [-0.2, 0) is 4.79 Å². The molecule has 0 aliphatic heterocycles. The minimum absolute atomic E-state index is 0.125. The normalized spacial score (nSPS) is 12.6. The molecule has 0 fully saturated rings. The number of carboxylic acids is 1. The Kier molecular flexibility index (Phi) is 4.06. The fraction of sp³-hybridized carbons (Fsp3) is 0.300. The predicted molar refractivity (Wildman–Crippen MR) is 54.1 cm³/mol. The zero-order chi connectivity index (χ0) is 12.3. The predicted octanol–water partition coefficient (Wildman–Crippen LogP) is 3.13. The van der Waals surface area contributed by atoms with E-state index >= 15 is 0 Å². The van der Waals surface area contributed by atoms with Crippen molar-refractivity contribution < 1.29 is 23.4 Å². The van der Waals surface area contributed by atoms with Crippen LogP contribution < -0.4 is 4.74 Å². The minimum atomic E-state index is -3.00. The van der Waals surface area contributed by atoms with Gasteiger partial charge in [-0.15, -0.1) is 0 Å². The third kappa shape index (κ3) is 3.06. The highest BCUT2D eigenvalue weighted by Gasteiger charge is 2.20. The van der Waals surface area contributed by atoms with Gasteiger partial charge in [-0.2, -0.15) is 8.78 Å². The van der Waals surface area contributed by atoms with Crippen molar-refractivity contribution >= 4 is 17.6 Å². The number of hydrogen-bond acceptors (Lipinski definition) is 2. The molecule has 1 unspecified atom stereocenters. The Hall–Kier alpha value is -1.36. The fourth-order valence-electron chi connectivity index (χ4n) is 1.19. The van der Waals surface area contributed by atoms with E-state index in [9.17, 15) is 13.6 Å². The number of carbonyl (C=O) groups is 1. The van der Waals surface area contributed by atoms with Crippen LogP contribution in [-0.4, -0.2) is 17.7 Å². The number of carboxylic acid groups (broad SMARTS) is 1. The maximum Gasteiger partial charge on any atom is 0.387 e. The number of halogens is 3. The van der Waals surface area contributed by atoms with Gasteiger partial charge in [0, 0.05) is 10.6 Å². The first kappa shape index (κ1) is 12.7. The lowest BCUT2D eigenvalue weighted by atomic mass is 10.0. The van der Waals surface area contributed by atoms with Gasteiger partial charge in [0.2, 0.25) is 0 Å². The third-order valence-corrected chi connectivity index (χ3v) is 2.26. The molecule has 0 radical (unpaired) electrons. The molecule has 1 rings (SSSR count). The molecule has 0 saturated heterocycles. The summed E-state index contributed by atoms with van der Waals surface area (Å²) in [6, 6.07) is 3.89. The van der Waals surface area contributed by atoms with Crippen molar-refractivity contribution in [2.75, 3.05) is 0 Å². The van der Waals surface area contributed by atoms with E-state index in [1.54, 1.807) is 0 Å². The maximum absolute atomic E-state index is 12.1. The monoisotopic (exact) mass is 250 g/mol. The van der Waals surface area contributed by atoms with Crippen LogP contribution in [0, 0.1) is 0 Å². The van der Waals surface area contributed by atoms with Gasteiger partial charge in [0.15, 0.2) is 0 Å². The highest BCUT2D eigenvalue weighted by atomic mass is 35.5. The molecule has 1 atom stereocenters. The van der Waals surface area contributed by atoms with E-state index in [2.05, 4.69) is 4.74 Å². The lowest BCUT2D eigenvalue weighted by Crippen LogP contribution is -2.11. The molecule has 0 aliphatic carbocycles. The highest BCUT2D eigenvalue weighted by Crippen LogP contribution is 2.30.